The fraction of sp³-hybridized carbons (Fsp3) is 0.512. The van der Waals surface area contributed by atoms with Crippen molar-refractivity contribution in [1.82, 2.24) is 25.9 Å². The van der Waals surface area contributed by atoms with E-state index < -0.39 is 42.5 Å². The van der Waals surface area contributed by atoms with E-state index in [1.165, 1.54) is 31.3 Å². The Hall–Kier alpha value is -4.95. The van der Waals surface area contributed by atoms with Gasteiger partial charge in [0.25, 0.3) is 17.4 Å². The second-order valence-electron chi connectivity index (χ2n) is 16.3. The van der Waals surface area contributed by atoms with Crippen molar-refractivity contribution in [1.29, 1.82) is 0 Å². The molecule has 2 unspecified atom stereocenters. The molecule has 5 atom stereocenters. The zero-order chi connectivity index (χ0) is 41.2. The molecule has 0 spiro atoms. The summed E-state index contributed by atoms with van der Waals surface area (Å²) in [5.74, 6) is -2.21. The molecule has 2 aliphatic rings. The summed E-state index contributed by atoms with van der Waals surface area (Å²) < 4.78 is 11.5. The molecule has 3 amide bonds. The maximum Gasteiger partial charge on any atom is 0.398 e. The fourth-order valence-electron chi connectivity index (χ4n) is 8.12. The van der Waals surface area contributed by atoms with E-state index in [4.69, 9.17) is 9.39 Å². The Kier molecular flexibility index (Phi) is 14.8. The summed E-state index contributed by atoms with van der Waals surface area (Å²) in [4.78, 5) is 74.8. The number of unbranched alkanes of at least 4 members (excludes halogenated alkanes) is 3. The predicted molar refractivity (Wildman–Crippen MR) is 216 cm³/mol. The van der Waals surface area contributed by atoms with Crippen molar-refractivity contribution >= 4 is 36.5 Å². The Morgan fingerprint density at radius 3 is 2.19 bits per heavy atom. The number of ether oxygens (including phenoxy) is 1. The van der Waals surface area contributed by atoms with Crippen LogP contribution in [0.4, 0.5) is 0 Å². The summed E-state index contributed by atoms with van der Waals surface area (Å²) in [5, 5.41) is 9.06. The number of nitrogens with one attached hydrogen (secondary N) is 3. The number of fused-ring (bicyclic) bond motifs is 1. The van der Waals surface area contributed by atoms with E-state index in [1.807, 2.05) is 63.2 Å². The molecule has 0 aliphatic carbocycles. The molecule has 3 aromatic rings. The number of Topliss-reactive ketones (excluding diaryl/α,β-unsaturated/α-hetero) is 1. The number of ketones is 1. The van der Waals surface area contributed by atoms with Crippen LogP contribution in [-0.2, 0) is 41.4 Å². The van der Waals surface area contributed by atoms with Crippen molar-refractivity contribution in [3.05, 3.63) is 95.6 Å². The fourth-order valence-corrected chi connectivity index (χ4v) is 8.12. The number of quaternary nitrogens is 1. The molecule has 2 saturated heterocycles. The van der Waals surface area contributed by atoms with E-state index in [0.717, 1.165) is 36.8 Å². The first-order chi connectivity index (χ1) is 27.3. The second-order valence-corrected chi connectivity index (χ2v) is 16.3. The molecule has 2 fully saturated rings. The summed E-state index contributed by atoms with van der Waals surface area (Å²) in [6.45, 7) is 11.4. The molecule has 3 heterocycles. The van der Waals surface area contributed by atoms with Crippen molar-refractivity contribution in [2.45, 2.75) is 103 Å². The molecule has 57 heavy (non-hydrogen) atoms. The van der Waals surface area contributed by atoms with Crippen LogP contribution in [-0.4, -0.2) is 95.3 Å². The van der Waals surface area contributed by atoms with Crippen LogP contribution >= 0.6 is 0 Å². The van der Waals surface area contributed by atoms with Gasteiger partial charge >= 0.3 is 13.0 Å². The van der Waals surface area contributed by atoms with Crippen LogP contribution in [0.15, 0.2) is 73.2 Å². The average molecular weight is 782 g/mol. The van der Waals surface area contributed by atoms with Crippen LogP contribution in [0.3, 0.4) is 0 Å². The van der Waals surface area contributed by atoms with Gasteiger partial charge in [0.05, 0.1) is 19.2 Å². The number of esters is 1. The third kappa shape index (κ3) is 9.96. The molecule has 3 N–H and O–H groups in total. The van der Waals surface area contributed by atoms with Gasteiger partial charge in [-0.1, -0.05) is 95.1 Å². The number of methoxy groups -OCH3 is 1. The number of hydrogen-bond donors (Lipinski definition) is 3. The van der Waals surface area contributed by atoms with Crippen molar-refractivity contribution in [2.24, 2.45) is 11.8 Å². The van der Waals surface area contributed by atoms with E-state index in [-0.39, 0.29) is 46.6 Å². The van der Waals surface area contributed by atoms with Crippen LogP contribution in [0.1, 0.15) is 99.8 Å². The first kappa shape index (κ1) is 43.2. The van der Waals surface area contributed by atoms with Crippen LogP contribution in [0.2, 0.25) is 0 Å². The molecule has 13 nitrogen and oxygen atoms in total. The highest BCUT2D eigenvalue weighted by molar-refractivity contribution is 6.52. The highest BCUT2D eigenvalue weighted by atomic mass is 16.6. The van der Waals surface area contributed by atoms with Gasteiger partial charge in [0.2, 0.25) is 11.8 Å². The lowest BCUT2D eigenvalue weighted by Crippen LogP contribution is -3.00. The zero-order valence-corrected chi connectivity index (χ0v) is 34.2. The summed E-state index contributed by atoms with van der Waals surface area (Å²) in [7, 11) is 0.549. The standard InChI is InChI=1S/C43H57BN6O7/c1-29(2)24-33-16-18-34(19-17-33)31(5)39(52)47-20-12-7-8-13-23-50-28-37(51)43(50,42(55)56-6)57-44(50)38(25-30(3)4)49-40(53)35(26-32-14-10-9-11-15-32)48-41(54)36-27-45-21-22-46-36/h9-11,14-19,21-22,27,29-31,35,38H,7-8,12-13,20,23-26,28H2,1-6H3,(H2-,47,48,49,52,53,54)/q-1/p+1/t31-,35-,38-,43?,50?/m0/s1. The quantitative estimate of drug-likeness (QED) is 0.0617. The molecule has 2 aliphatic heterocycles. The monoisotopic (exact) mass is 781 g/mol. The first-order valence-electron chi connectivity index (χ1n) is 20.3. The molecule has 5 rings (SSSR count). The SMILES string of the molecule is COC(=O)C12O[B-]([C@H](CC(C)C)NC(=O)[C@H](Cc3ccccc3)NC(=O)c3cnccn3)[N+]1(CCCCCCNC(=O)[C@@H](C)c1ccc(CC(C)C)cc1)CC2=O. The van der Waals surface area contributed by atoms with Crippen molar-refractivity contribution in [3.8, 4) is 0 Å². The van der Waals surface area contributed by atoms with Crippen LogP contribution < -0.4 is 16.0 Å². The second kappa shape index (κ2) is 19.5. The number of hydrogen-bond acceptors (Lipinski definition) is 9. The Morgan fingerprint density at radius 2 is 1.56 bits per heavy atom. The normalized spacial score (nSPS) is 20.4. The zero-order valence-electron chi connectivity index (χ0n) is 34.2. The number of rotatable bonds is 21. The molecule has 14 heteroatoms. The third-order valence-corrected chi connectivity index (χ3v) is 11.1. The summed E-state index contributed by atoms with van der Waals surface area (Å²) in [6.07, 6.45) is 9.03. The smallest absolute Gasteiger partial charge is 0.398 e. The molecular weight excluding hydrogens is 723 g/mol. The molecule has 0 bridgehead atoms. The van der Waals surface area contributed by atoms with Crippen LogP contribution in [0.25, 0.3) is 0 Å². The first-order valence-corrected chi connectivity index (χ1v) is 20.3. The lowest BCUT2D eigenvalue weighted by molar-refractivity contribution is -0.955. The van der Waals surface area contributed by atoms with E-state index in [9.17, 15) is 24.0 Å². The summed E-state index contributed by atoms with van der Waals surface area (Å²) in [5.41, 5.74) is 1.42. The number of aromatic nitrogens is 2. The van der Waals surface area contributed by atoms with E-state index in [0.29, 0.717) is 31.8 Å². The van der Waals surface area contributed by atoms with Crippen molar-refractivity contribution in [3.63, 3.8) is 0 Å². The molecule has 1 radical (unpaired) electrons. The Balaban J connectivity index is 1.22. The molecule has 1 aromatic heterocycles. The minimum Gasteiger partial charge on any atom is -0.497 e. The minimum atomic E-state index is -1.76. The van der Waals surface area contributed by atoms with Gasteiger partial charge in [-0.2, -0.15) is 0 Å². The van der Waals surface area contributed by atoms with E-state index in [2.05, 4.69) is 51.9 Å². The van der Waals surface area contributed by atoms with Gasteiger partial charge in [0.1, 0.15) is 18.3 Å². The highest BCUT2D eigenvalue weighted by Crippen LogP contribution is 2.51. The van der Waals surface area contributed by atoms with Gasteiger partial charge in [-0.3, -0.25) is 24.2 Å². The maximum absolute atomic E-state index is 14.2. The Morgan fingerprint density at radius 1 is 0.860 bits per heavy atom. The van der Waals surface area contributed by atoms with E-state index >= 15 is 0 Å². The number of nitrogens with zero attached hydrogens (tertiary/aromatic N) is 3. The van der Waals surface area contributed by atoms with Gasteiger partial charge in [-0.15, -0.1) is 0 Å². The molecular formula is C43H58BN6O7. The Labute approximate surface area is 336 Å². The van der Waals surface area contributed by atoms with Gasteiger partial charge in [0, 0.05) is 31.9 Å². The number of carbonyl (C=O) groups is 5. The van der Waals surface area contributed by atoms with Gasteiger partial charge in [-0.25, -0.2) is 9.78 Å². The maximum atomic E-state index is 14.2. The number of benzene rings is 2. The topological polar surface area (TPSA) is 166 Å². The number of carbonyl (C=O) groups excluding carboxylic acids is 5. The van der Waals surface area contributed by atoms with Crippen LogP contribution in [0, 0.1) is 11.8 Å². The van der Waals surface area contributed by atoms with Crippen molar-refractivity contribution < 1.29 is 37.8 Å². The molecule has 0 saturated carbocycles. The summed E-state index contributed by atoms with van der Waals surface area (Å²) >= 11 is 0. The highest BCUT2D eigenvalue weighted by Gasteiger charge is 2.79. The summed E-state index contributed by atoms with van der Waals surface area (Å²) in [6, 6.07) is 16.7. The lowest BCUT2D eigenvalue weighted by atomic mass is 9.53. The predicted octanol–water partition coefficient (Wildman–Crippen LogP) is 4.35. The van der Waals surface area contributed by atoms with Crippen molar-refractivity contribution in [2.75, 3.05) is 26.7 Å². The molecule has 305 valence electrons. The lowest BCUT2D eigenvalue weighted by Gasteiger charge is -2.78. The van der Waals surface area contributed by atoms with Gasteiger partial charge in [-0.05, 0) is 67.1 Å². The van der Waals surface area contributed by atoms with Gasteiger partial charge in [0.15, 0.2) is 0 Å². The number of amides is 3. The van der Waals surface area contributed by atoms with Gasteiger partial charge < -0.3 is 29.7 Å². The third-order valence-electron chi connectivity index (χ3n) is 11.1. The Bertz CT molecular complexity index is 1850. The van der Waals surface area contributed by atoms with Crippen LogP contribution in [0.5, 0.6) is 0 Å². The largest absolute Gasteiger partial charge is 0.497 e. The molecule has 2 aromatic carbocycles. The van der Waals surface area contributed by atoms with E-state index in [1.54, 1.807) is 0 Å². The average Bonchev–Trinajstić information content (AvgIpc) is 3.19. The minimum absolute atomic E-state index is 0.00924.